The van der Waals surface area contributed by atoms with Gasteiger partial charge in [-0.25, -0.2) is 8.42 Å². The molecular formula is C23H30Cl2N6O7S2. The smallest absolute Gasteiger partial charge is 0.340 e. The lowest BCUT2D eigenvalue weighted by Crippen LogP contribution is -2.34. The largest absolute Gasteiger partial charge is 0.493 e. The second-order valence-electron chi connectivity index (χ2n) is 7.74. The van der Waals surface area contributed by atoms with Gasteiger partial charge in [0.15, 0.2) is 0 Å². The third-order valence-electron chi connectivity index (χ3n) is 4.73. The van der Waals surface area contributed by atoms with E-state index in [1.54, 1.807) is 13.0 Å². The van der Waals surface area contributed by atoms with E-state index in [0.29, 0.717) is 17.7 Å². The number of nitrogens with zero attached hydrogens (tertiary/aromatic N) is 4. The van der Waals surface area contributed by atoms with Crippen molar-refractivity contribution in [3.8, 4) is 23.6 Å². The first-order valence-electron chi connectivity index (χ1n) is 11.2. The standard InChI is InChI=1S/C23H28N6O7S2.2ClH/c1-18-15-19(34-13-6-14-35-28-23(26)27)17-20(16-18)36-38(32,33)22-8-3-2-7-21(22)37(30,31)29(11-4-9-24)12-5-10-25;;/h2-3,7-8,15-17H,4-6,11-14H2,1H3,(H4,26,27,28);2*1H. The number of oxime groups is 1. The van der Waals surface area contributed by atoms with Crippen LogP contribution in [0.15, 0.2) is 57.4 Å². The molecule has 0 atom stereocenters. The number of sulfonamides is 1. The van der Waals surface area contributed by atoms with Crippen LogP contribution in [-0.2, 0) is 25.0 Å². The molecule has 2 aromatic carbocycles. The average molecular weight is 638 g/mol. The first kappa shape index (κ1) is 36.5. The Labute approximate surface area is 246 Å². The summed E-state index contributed by atoms with van der Waals surface area (Å²) in [6.07, 6.45) is 0.156. The van der Waals surface area contributed by atoms with Gasteiger partial charge in [0.2, 0.25) is 16.0 Å². The Hall–Kier alpha value is -3.47. The van der Waals surface area contributed by atoms with Crippen LogP contribution in [0.2, 0.25) is 0 Å². The summed E-state index contributed by atoms with van der Waals surface area (Å²) in [4.78, 5) is 3.75. The highest BCUT2D eigenvalue weighted by atomic mass is 35.5. The number of benzene rings is 2. The lowest BCUT2D eigenvalue weighted by atomic mass is 10.2. The molecule has 0 bridgehead atoms. The van der Waals surface area contributed by atoms with Gasteiger partial charge < -0.3 is 25.2 Å². The number of nitriles is 2. The molecular weight excluding hydrogens is 607 g/mol. The molecule has 17 heteroatoms. The van der Waals surface area contributed by atoms with Gasteiger partial charge in [0.05, 0.1) is 18.7 Å². The van der Waals surface area contributed by atoms with Crippen molar-refractivity contribution in [2.24, 2.45) is 16.6 Å². The number of guanidine groups is 1. The number of nitrogens with two attached hydrogens (primary N) is 2. The zero-order valence-electron chi connectivity index (χ0n) is 21.4. The highest BCUT2D eigenvalue weighted by Crippen LogP contribution is 2.29. The molecule has 4 N–H and O–H groups in total. The molecule has 0 aliphatic carbocycles. The minimum atomic E-state index is -4.63. The van der Waals surface area contributed by atoms with Crippen molar-refractivity contribution in [1.29, 1.82) is 10.5 Å². The van der Waals surface area contributed by atoms with E-state index in [2.05, 4.69) is 5.16 Å². The van der Waals surface area contributed by atoms with Gasteiger partial charge in [0.25, 0.3) is 0 Å². The maximum Gasteiger partial charge on any atom is 0.340 e. The number of hydrogen-bond donors (Lipinski definition) is 2. The second-order valence-corrected chi connectivity index (χ2v) is 11.2. The first-order chi connectivity index (χ1) is 18.0. The Balaban J connectivity index is 0.00000760. The fourth-order valence-electron chi connectivity index (χ4n) is 3.16. The summed E-state index contributed by atoms with van der Waals surface area (Å²) in [5.41, 5.74) is 10.9. The Kier molecular flexibility index (Phi) is 15.8. The quantitative estimate of drug-likeness (QED) is 0.0951. The van der Waals surface area contributed by atoms with E-state index in [-0.39, 0.29) is 75.7 Å². The van der Waals surface area contributed by atoms with Crippen LogP contribution in [0.3, 0.4) is 0 Å². The third-order valence-corrected chi connectivity index (χ3v) is 8.12. The van der Waals surface area contributed by atoms with Crippen molar-refractivity contribution in [3.63, 3.8) is 0 Å². The van der Waals surface area contributed by atoms with Crippen molar-refractivity contribution in [3.05, 3.63) is 48.0 Å². The van der Waals surface area contributed by atoms with Gasteiger partial charge in [-0.1, -0.05) is 12.1 Å². The lowest BCUT2D eigenvalue weighted by molar-refractivity contribution is 0.127. The SMILES string of the molecule is Cc1cc(OCCCON=C(N)N)cc(OS(=O)(=O)c2ccccc2S(=O)(=O)N(CCC#N)CCC#N)c1.Cl.Cl. The maximum absolute atomic E-state index is 13.3. The summed E-state index contributed by atoms with van der Waals surface area (Å²) < 4.78 is 65.0. The molecule has 0 spiro atoms. The Morgan fingerprint density at radius 1 is 0.925 bits per heavy atom. The van der Waals surface area contributed by atoms with Gasteiger partial charge in [0.1, 0.15) is 27.9 Å². The van der Waals surface area contributed by atoms with Crippen LogP contribution in [0, 0.1) is 29.6 Å². The molecule has 0 aliphatic rings. The third kappa shape index (κ3) is 11.0. The highest BCUT2D eigenvalue weighted by molar-refractivity contribution is 7.91. The van der Waals surface area contributed by atoms with E-state index >= 15 is 0 Å². The van der Waals surface area contributed by atoms with Gasteiger partial charge in [0, 0.05) is 38.4 Å². The molecule has 13 nitrogen and oxygen atoms in total. The molecule has 0 heterocycles. The molecule has 0 aliphatic heterocycles. The predicted octanol–water partition coefficient (Wildman–Crippen LogP) is 2.40. The van der Waals surface area contributed by atoms with Gasteiger partial charge >= 0.3 is 10.1 Å². The fourth-order valence-corrected chi connectivity index (χ4v) is 6.30. The predicted molar refractivity (Wildman–Crippen MR) is 151 cm³/mol. The van der Waals surface area contributed by atoms with Gasteiger partial charge in [-0.3, -0.25) is 0 Å². The van der Waals surface area contributed by atoms with Crippen molar-refractivity contribution in [2.45, 2.75) is 36.0 Å². The van der Waals surface area contributed by atoms with Crippen molar-refractivity contribution in [1.82, 2.24) is 4.31 Å². The average Bonchev–Trinajstić information content (AvgIpc) is 2.85. The van der Waals surface area contributed by atoms with Crippen molar-refractivity contribution < 1.29 is 30.6 Å². The molecule has 0 radical (unpaired) electrons. The van der Waals surface area contributed by atoms with Crippen LogP contribution in [0.25, 0.3) is 0 Å². The Bertz CT molecular complexity index is 1420. The first-order valence-corrected chi connectivity index (χ1v) is 14.1. The van der Waals surface area contributed by atoms with Gasteiger partial charge in [-0.2, -0.15) is 23.2 Å². The molecule has 0 amide bonds. The normalized spacial score (nSPS) is 10.7. The molecule has 2 rings (SSSR count). The second kappa shape index (κ2) is 17.3. The Morgan fingerprint density at radius 2 is 1.50 bits per heavy atom. The molecule has 0 aromatic heterocycles. The maximum atomic E-state index is 13.3. The minimum Gasteiger partial charge on any atom is -0.493 e. The van der Waals surface area contributed by atoms with E-state index in [4.69, 9.17) is 35.7 Å². The van der Waals surface area contributed by atoms with Crippen LogP contribution < -0.4 is 20.4 Å². The molecule has 0 fully saturated rings. The fraction of sp³-hybridized carbons (Fsp3) is 0.348. The lowest BCUT2D eigenvalue weighted by Gasteiger charge is -2.21. The zero-order chi connectivity index (χ0) is 28.2. The van der Waals surface area contributed by atoms with E-state index in [1.807, 2.05) is 12.1 Å². The molecule has 0 saturated carbocycles. The van der Waals surface area contributed by atoms with E-state index in [9.17, 15) is 16.8 Å². The molecule has 2 aromatic rings. The topological polar surface area (TPSA) is 211 Å². The zero-order valence-corrected chi connectivity index (χ0v) is 24.7. The van der Waals surface area contributed by atoms with Crippen LogP contribution in [0.5, 0.6) is 11.5 Å². The Morgan fingerprint density at radius 3 is 2.08 bits per heavy atom. The molecule has 40 heavy (non-hydrogen) atoms. The van der Waals surface area contributed by atoms with Crippen molar-refractivity contribution >= 4 is 50.9 Å². The van der Waals surface area contributed by atoms with Crippen molar-refractivity contribution in [2.75, 3.05) is 26.3 Å². The number of aryl methyl sites for hydroxylation is 1. The van der Waals surface area contributed by atoms with E-state index < -0.39 is 29.9 Å². The van der Waals surface area contributed by atoms with E-state index in [0.717, 1.165) is 16.4 Å². The van der Waals surface area contributed by atoms with Gasteiger partial charge in [-0.05, 0) is 41.9 Å². The summed E-state index contributed by atoms with van der Waals surface area (Å²) in [5, 5.41) is 21.2. The summed E-state index contributed by atoms with van der Waals surface area (Å²) in [7, 11) is -9.01. The minimum absolute atomic E-state index is 0. The summed E-state index contributed by atoms with van der Waals surface area (Å²) >= 11 is 0. The number of hydrogen-bond acceptors (Lipinski definition) is 10. The summed E-state index contributed by atoms with van der Waals surface area (Å²) in [5.74, 6) is 0.0194. The van der Waals surface area contributed by atoms with Crippen LogP contribution in [0.1, 0.15) is 24.8 Å². The molecule has 220 valence electrons. The molecule has 0 unspecified atom stereocenters. The van der Waals surface area contributed by atoms with Crippen LogP contribution >= 0.6 is 24.8 Å². The van der Waals surface area contributed by atoms with E-state index in [1.165, 1.54) is 24.3 Å². The van der Waals surface area contributed by atoms with Crippen LogP contribution in [0.4, 0.5) is 0 Å². The van der Waals surface area contributed by atoms with Gasteiger partial charge in [-0.15, -0.1) is 24.8 Å². The number of rotatable bonds is 15. The summed E-state index contributed by atoms with van der Waals surface area (Å²) in [6.45, 7) is 1.69. The monoisotopic (exact) mass is 636 g/mol. The number of halogens is 2. The summed E-state index contributed by atoms with van der Waals surface area (Å²) in [6, 6.07) is 13.1. The number of ether oxygens (including phenoxy) is 1. The molecule has 0 saturated heterocycles. The highest BCUT2D eigenvalue weighted by Gasteiger charge is 2.32. The van der Waals surface area contributed by atoms with Crippen LogP contribution in [-0.4, -0.2) is 53.4 Å².